The molecule has 0 aliphatic rings. The molecule has 2 aromatic carbocycles. The van der Waals surface area contributed by atoms with Crippen molar-refractivity contribution in [3.05, 3.63) is 60.2 Å². The van der Waals surface area contributed by atoms with E-state index in [0.29, 0.717) is 11.7 Å². The lowest BCUT2D eigenvalue weighted by atomic mass is 9.69. The molecule has 0 amide bonds. The van der Waals surface area contributed by atoms with Gasteiger partial charge in [-0.25, -0.2) is 0 Å². The Bertz CT molecular complexity index is 654. The highest BCUT2D eigenvalue weighted by Gasteiger charge is 2.30. The van der Waals surface area contributed by atoms with Crippen molar-refractivity contribution in [2.24, 2.45) is 10.8 Å². The van der Waals surface area contributed by atoms with Crippen molar-refractivity contribution >= 4 is 0 Å². The maximum absolute atomic E-state index is 5.57. The summed E-state index contributed by atoms with van der Waals surface area (Å²) in [5.74, 6) is 1.90. The second-order valence-electron chi connectivity index (χ2n) is 8.86. The summed E-state index contributed by atoms with van der Waals surface area (Å²) in [5.41, 5.74) is 4.31. The molecule has 1 unspecified atom stereocenters. The van der Waals surface area contributed by atoms with Crippen LogP contribution in [0, 0.1) is 10.8 Å². The van der Waals surface area contributed by atoms with E-state index in [1.807, 2.05) is 42.5 Å². The fourth-order valence-corrected chi connectivity index (χ4v) is 2.94. The Labute approximate surface area is 152 Å². The second-order valence-corrected chi connectivity index (χ2v) is 8.86. The van der Waals surface area contributed by atoms with Gasteiger partial charge < -0.3 is 9.68 Å². The van der Waals surface area contributed by atoms with Crippen molar-refractivity contribution < 1.29 is 9.68 Å². The Kier molecular flexibility index (Phi) is 6.12. The number of para-hydroxylation sites is 1. The first kappa shape index (κ1) is 19.3. The molecular weight excluding hydrogens is 310 g/mol. The first-order chi connectivity index (χ1) is 11.6. The molecule has 0 spiro atoms. The average Bonchev–Trinajstić information content (AvgIpc) is 2.52. The molecule has 0 fully saturated rings. The summed E-state index contributed by atoms with van der Waals surface area (Å²) < 4.78 is 0. The quantitative estimate of drug-likeness (QED) is 0.641. The van der Waals surface area contributed by atoms with E-state index in [-0.39, 0.29) is 10.8 Å². The average molecular weight is 341 g/mol. The molecule has 0 saturated carbocycles. The van der Waals surface area contributed by atoms with Gasteiger partial charge in [-0.3, -0.25) is 0 Å². The van der Waals surface area contributed by atoms with E-state index < -0.39 is 0 Å². The highest BCUT2D eigenvalue weighted by molar-refractivity contribution is 5.32. The standard InChI is InChI=1S/C22H31NO2/c1-21(2,3)16-20(22(4,5)6)17-11-10-14-19(15-17)25-23-24-18-12-8-7-9-13-18/h7-15,20,23H,16H2,1-6H3. The first-order valence-electron chi connectivity index (χ1n) is 8.89. The molecule has 2 rings (SSSR count). The lowest BCUT2D eigenvalue weighted by Gasteiger charge is -2.36. The molecule has 0 radical (unpaired) electrons. The van der Waals surface area contributed by atoms with Gasteiger partial charge in [0.05, 0.1) is 0 Å². The summed E-state index contributed by atoms with van der Waals surface area (Å²) in [7, 11) is 0. The molecule has 0 heterocycles. The van der Waals surface area contributed by atoms with Crippen LogP contribution in [0.25, 0.3) is 0 Å². The van der Waals surface area contributed by atoms with Crippen molar-refractivity contribution in [2.45, 2.75) is 53.9 Å². The Hall–Kier alpha value is -2.00. The first-order valence-corrected chi connectivity index (χ1v) is 8.89. The molecule has 1 atom stereocenters. The Morgan fingerprint density at radius 1 is 0.800 bits per heavy atom. The van der Waals surface area contributed by atoms with Crippen molar-refractivity contribution in [1.29, 1.82) is 0 Å². The fourth-order valence-electron chi connectivity index (χ4n) is 2.94. The van der Waals surface area contributed by atoms with E-state index in [9.17, 15) is 0 Å². The zero-order chi connectivity index (χ0) is 18.5. The van der Waals surface area contributed by atoms with Gasteiger partial charge in [-0.2, -0.15) is 0 Å². The smallest absolute Gasteiger partial charge is 0.151 e. The van der Waals surface area contributed by atoms with Crippen molar-refractivity contribution in [1.82, 2.24) is 5.64 Å². The van der Waals surface area contributed by atoms with Crippen LogP contribution in [0.2, 0.25) is 0 Å². The van der Waals surface area contributed by atoms with E-state index in [0.717, 1.165) is 12.2 Å². The van der Waals surface area contributed by atoms with E-state index in [1.54, 1.807) is 0 Å². The van der Waals surface area contributed by atoms with Gasteiger partial charge in [0.15, 0.2) is 11.5 Å². The third kappa shape index (κ3) is 6.43. The van der Waals surface area contributed by atoms with Gasteiger partial charge >= 0.3 is 0 Å². The lowest BCUT2D eigenvalue weighted by molar-refractivity contribution is -0.0192. The van der Waals surface area contributed by atoms with Gasteiger partial charge in [0, 0.05) is 5.64 Å². The zero-order valence-electron chi connectivity index (χ0n) is 16.3. The van der Waals surface area contributed by atoms with Crippen LogP contribution in [0.15, 0.2) is 54.6 Å². The number of nitrogens with one attached hydrogen (secondary N) is 1. The van der Waals surface area contributed by atoms with Crippen LogP contribution in [0.5, 0.6) is 11.5 Å². The molecule has 3 heteroatoms. The molecule has 3 nitrogen and oxygen atoms in total. The van der Waals surface area contributed by atoms with Gasteiger partial charge in [-0.1, -0.05) is 71.9 Å². The predicted molar refractivity (Wildman–Crippen MR) is 104 cm³/mol. The molecule has 25 heavy (non-hydrogen) atoms. The molecule has 0 bridgehead atoms. The maximum Gasteiger partial charge on any atom is 0.151 e. The van der Waals surface area contributed by atoms with E-state index in [1.165, 1.54) is 5.56 Å². The monoisotopic (exact) mass is 341 g/mol. The molecule has 0 aliphatic carbocycles. The summed E-state index contributed by atoms with van der Waals surface area (Å²) >= 11 is 0. The maximum atomic E-state index is 5.57. The minimum atomic E-state index is 0.180. The molecule has 0 aliphatic heterocycles. The van der Waals surface area contributed by atoms with Gasteiger partial charge in [0.2, 0.25) is 0 Å². The van der Waals surface area contributed by atoms with E-state index >= 15 is 0 Å². The normalized spacial score (nSPS) is 13.4. The Morgan fingerprint density at radius 2 is 1.40 bits per heavy atom. The Morgan fingerprint density at radius 3 is 2.00 bits per heavy atom. The number of hydrogen-bond donors (Lipinski definition) is 1. The molecule has 0 saturated heterocycles. The summed E-state index contributed by atoms with van der Waals surface area (Å²) in [6.07, 6.45) is 1.12. The number of rotatable bonds is 6. The van der Waals surface area contributed by atoms with Gasteiger partial charge in [0.1, 0.15) is 0 Å². The highest BCUT2D eigenvalue weighted by Crippen LogP contribution is 2.43. The van der Waals surface area contributed by atoms with Crippen LogP contribution >= 0.6 is 0 Å². The minimum absolute atomic E-state index is 0.180. The van der Waals surface area contributed by atoms with Gasteiger partial charge in [0.25, 0.3) is 0 Å². The lowest BCUT2D eigenvalue weighted by Crippen LogP contribution is -2.25. The zero-order valence-corrected chi connectivity index (χ0v) is 16.3. The minimum Gasteiger partial charge on any atom is -0.374 e. The van der Waals surface area contributed by atoms with Crippen LogP contribution in [0.1, 0.15) is 59.4 Å². The van der Waals surface area contributed by atoms with Crippen LogP contribution in [0.4, 0.5) is 0 Å². The van der Waals surface area contributed by atoms with E-state index in [4.69, 9.17) is 9.68 Å². The molecule has 136 valence electrons. The summed E-state index contributed by atoms with van der Waals surface area (Å²) in [5, 5.41) is 0. The van der Waals surface area contributed by atoms with Crippen LogP contribution < -0.4 is 15.3 Å². The fraction of sp³-hybridized carbons (Fsp3) is 0.455. The summed E-state index contributed by atoms with van der Waals surface area (Å²) in [6.45, 7) is 13.8. The highest BCUT2D eigenvalue weighted by atomic mass is 16.9. The van der Waals surface area contributed by atoms with Crippen LogP contribution in [-0.2, 0) is 0 Å². The third-order valence-corrected chi connectivity index (χ3v) is 4.18. The molecular formula is C22H31NO2. The van der Waals surface area contributed by atoms with Crippen molar-refractivity contribution in [3.8, 4) is 11.5 Å². The van der Waals surface area contributed by atoms with Gasteiger partial charge in [-0.05, 0) is 53.0 Å². The van der Waals surface area contributed by atoms with Crippen LogP contribution in [0.3, 0.4) is 0 Å². The molecule has 2 aromatic rings. The summed E-state index contributed by atoms with van der Waals surface area (Å²) in [4.78, 5) is 11.0. The topological polar surface area (TPSA) is 30.5 Å². The number of benzene rings is 2. The number of hydrogen-bond acceptors (Lipinski definition) is 3. The van der Waals surface area contributed by atoms with Crippen LogP contribution in [-0.4, -0.2) is 0 Å². The van der Waals surface area contributed by atoms with Crippen molar-refractivity contribution in [3.63, 3.8) is 0 Å². The van der Waals surface area contributed by atoms with Crippen molar-refractivity contribution in [2.75, 3.05) is 0 Å². The van der Waals surface area contributed by atoms with Gasteiger partial charge in [-0.15, -0.1) is 0 Å². The van der Waals surface area contributed by atoms with E-state index in [2.05, 4.69) is 59.3 Å². The second kappa shape index (κ2) is 7.92. The summed E-state index contributed by atoms with van der Waals surface area (Å²) in [6, 6.07) is 17.8. The molecule has 0 aromatic heterocycles. The Balaban J connectivity index is 2.07. The predicted octanol–water partition coefficient (Wildman–Crippen LogP) is 6.13. The SMILES string of the molecule is CC(C)(C)CC(c1cccc(ONOc2ccccc2)c1)C(C)(C)C. The largest absolute Gasteiger partial charge is 0.374 e. The third-order valence-electron chi connectivity index (χ3n) is 4.18. The molecule has 1 N–H and O–H groups in total.